The van der Waals surface area contributed by atoms with Gasteiger partial charge in [0.05, 0.1) is 0 Å². The first-order valence-corrected chi connectivity index (χ1v) is 5.84. The predicted octanol–water partition coefficient (Wildman–Crippen LogP) is 1.40. The molecule has 2 rings (SSSR count). The van der Waals surface area contributed by atoms with Crippen molar-refractivity contribution in [3.8, 4) is 0 Å². The van der Waals surface area contributed by atoms with E-state index in [4.69, 9.17) is 5.73 Å². The van der Waals surface area contributed by atoms with E-state index in [0.29, 0.717) is 19.0 Å². The fraction of sp³-hybridized carbons (Fsp3) is 0.462. The van der Waals surface area contributed by atoms with Gasteiger partial charge in [-0.2, -0.15) is 0 Å². The highest BCUT2D eigenvalue weighted by atomic mass is 16.1. The molecule has 1 fully saturated rings. The average Bonchev–Trinajstić information content (AvgIpc) is 3.11. The first-order chi connectivity index (χ1) is 7.79. The van der Waals surface area contributed by atoms with E-state index >= 15 is 0 Å². The van der Waals surface area contributed by atoms with Gasteiger partial charge in [0.25, 0.3) is 0 Å². The summed E-state index contributed by atoms with van der Waals surface area (Å²) in [6.07, 6.45) is 2.76. The van der Waals surface area contributed by atoms with Crippen molar-refractivity contribution in [1.29, 1.82) is 0 Å². The van der Waals surface area contributed by atoms with E-state index in [1.165, 1.54) is 0 Å². The minimum Gasteiger partial charge on any atom is -0.353 e. The van der Waals surface area contributed by atoms with Crippen LogP contribution in [0.15, 0.2) is 30.3 Å². The highest BCUT2D eigenvalue weighted by Gasteiger charge is 2.24. The van der Waals surface area contributed by atoms with Crippen molar-refractivity contribution in [3.05, 3.63) is 35.9 Å². The Morgan fingerprint density at radius 1 is 1.38 bits per heavy atom. The first-order valence-electron chi connectivity index (χ1n) is 5.84. The van der Waals surface area contributed by atoms with Crippen LogP contribution in [0.4, 0.5) is 0 Å². The van der Waals surface area contributed by atoms with E-state index in [2.05, 4.69) is 5.32 Å². The zero-order valence-corrected chi connectivity index (χ0v) is 9.36. The van der Waals surface area contributed by atoms with Gasteiger partial charge in [0.2, 0.25) is 5.91 Å². The maximum Gasteiger partial charge on any atom is 0.220 e. The molecule has 3 nitrogen and oxygen atoms in total. The van der Waals surface area contributed by atoms with Gasteiger partial charge in [-0.05, 0) is 24.9 Å². The molecule has 1 aromatic carbocycles. The van der Waals surface area contributed by atoms with E-state index in [0.717, 1.165) is 18.4 Å². The average molecular weight is 218 g/mol. The molecule has 1 atom stereocenters. The van der Waals surface area contributed by atoms with E-state index in [9.17, 15) is 4.79 Å². The summed E-state index contributed by atoms with van der Waals surface area (Å²) in [6, 6.07) is 10.4. The molecule has 3 N–H and O–H groups in total. The van der Waals surface area contributed by atoms with Gasteiger partial charge in [0.1, 0.15) is 0 Å². The quantitative estimate of drug-likeness (QED) is 0.785. The normalized spacial score (nSPS) is 16.8. The molecule has 86 valence electrons. The summed E-state index contributed by atoms with van der Waals surface area (Å²) in [4.78, 5) is 11.7. The molecule has 0 spiro atoms. The van der Waals surface area contributed by atoms with Crippen LogP contribution in [0.1, 0.15) is 30.7 Å². The third-order valence-electron chi connectivity index (χ3n) is 2.93. The molecule has 0 aliphatic heterocycles. The molecule has 0 aromatic heterocycles. The standard InChI is InChI=1S/C13H18N2O/c14-9-11(10-4-2-1-3-5-10)8-13(16)15-12-6-7-12/h1-5,11-12H,6-9,14H2,(H,15,16). The van der Waals surface area contributed by atoms with Crippen molar-refractivity contribution in [2.75, 3.05) is 6.54 Å². The van der Waals surface area contributed by atoms with Crippen LogP contribution in [0, 0.1) is 0 Å². The molecule has 1 unspecified atom stereocenters. The number of amides is 1. The van der Waals surface area contributed by atoms with Gasteiger partial charge >= 0.3 is 0 Å². The van der Waals surface area contributed by atoms with Crippen molar-refractivity contribution in [2.45, 2.75) is 31.2 Å². The molecule has 16 heavy (non-hydrogen) atoms. The van der Waals surface area contributed by atoms with Crippen LogP contribution in [0.25, 0.3) is 0 Å². The summed E-state index contributed by atoms with van der Waals surface area (Å²) in [6.45, 7) is 0.516. The van der Waals surface area contributed by atoms with Crippen molar-refractivity contribution < 1.29 is 4.79 Å². The summed E-state index contributed by atoms with van der Waals surface area (Å²) in [5.74, 6) is 0.266. The number of hydrogen-bond donors (Lipinski definition) is 2. The van der Waals surface area contributed by atoms with Crippen LogP contribution in [-0.4, -0.2) is 18.5 Å². The van der Waals surface area contributed by atoms with Crippen LogP contribution >= 0.6 is 0 Å². The third kappa shape index (κ3) is 3.07. The van der Waals surface area contributed by atoms with Gasteiger partial charge in [-0.1, -0.05) is 30.3 Å². The molecule has 1 aromatic rings. The Bertz CT molecular complexity index is 346. The lowest BCUT2D eigenvalue weighted by atomic mass is 9.95. The highest BCUT2D eigenvalue weighted by Crippen LogP contribution is 2.21. The number of hydrogen-bond acceptors (Lipinski definition) is 2. The minimum atomic E-state index is 0.127. The van der Waals surface area contributed by atoms with Crippen LogP contribution in [0.3, 0.4) is 0 Å². The van der Waals surface area contributed by atoms with Crippen molar-refractivity contribution in [1.82, 2.24) is 5.32 Å². The van der Waals surface area contributed by atoms with Gasteiger partial charge in [-0.3, -0.25) is 4.79 Å². The fourth-order valence-corrected chi connectivity index (χ4v) is 1.80. The Labute approximate surface area is 96.0 Å². The van der Waals surface area contributed by atoms with Gasteiger partial charge in [0.15, 0.2) is 0 Å². The Hall–Kier alpha value is -1.35. The number of carbonyl (C=O) groups excluding carboxylic acids is 1. The fourth-order valence-electron chi connectivity index (χ4n) is 1.80. The van der Waals surface area contributed by atoms with Crippen LogP contribution < -0.4 is 11.1 Å². The number of rotatable bonds is 5. The smallest absolute Gasteiger partial charge is 0.220 e. The lowest BCUT2D eigenvalue weighted by molar-refractivity contribution is -0.121. The summed E-state index contributed by atoms with van der Waals surface area (Å²) >= 11 is 0. The number of nitrogens with two attached hydrogens (primary N) is 1. The van der Waals surface area contributed by atoms with Crippen LogP contribution in [0.5, 0.6) is 0 Å². The Morgan fingerprint density at radius 2 is 2.06 bits per heavy atom. The third-order valence-corrected chi connectivity index (χ3v) is 2.93. The zero-order chi connectivity index (χ0) is 11.4. The van der Waals surface area contributed by atoms with Crippen molar-refractivity contribution in [2.24, 2.45) is 5.73 Å². The van der Waals surface area contributed by atoms with Crippen LogP contribution in [0.2, 0.25) is 0 Å². The number of nitrogens with one attached hydrogen (secondary N) is 1. The molecule has 3 heteroatoms. The summed E-state index contributed by atoms with van der Waals surface area (Å²) in [5, 5.41) is 2.99. The monoisotopic (exact) mass is 218 g/mol. The SMILES string of the molecule is NCC(CC(=O)NC1CC1)c1ccccc1. The molecule has 0 saturated heterocycles. The van der Waals surface area contributed by atoms with E-state index in [-0.39, 0.29) is 11.8 Å². The Balaban J connectivity index is 1.91. The second-order valence-corrected chi connectivity index (χ2v) is 4.39. The van der Waals surface area contributed by atoms with E-state index in [1.807, 2.05) is 30.3 Å². The molecular formula is C13H18N2O. The molecule has 1 saturated carbocycles. The summed E-state index contributed by atoms with van der Waals surface area (Å²) in [5.41, 5.74) is 6.87. The van der Waals surface area contributed by atoms with E-state index in [1.54, 1.807) is 0 Å². The second kappa shape index (κ2) is 5.12. The predicted molar refractivity (Wildman–Crippen MR) is 64.0 cm³/mol. The van der Waals surface area contributed by atoms with E-state index < -0.39 is 0 Å². The Morgan fingerprint density at radius 3 is 2.62 bits per heavy atom. The van der Waals surface area contributed by atoms with Crippen molar-refractivity contribution >= 4 is 5.91 Å². The van der Waals surface area contributed by atoms with Crippen LogP contribution in [-0.2, 0) is 4.79 Å². The number of carbonyl (C=O) groups is 1. The van der Waals surface area contributed by atoms with Gasteiger partial charge < -0.3 is 11.1 Å². The zero-order valence-electron chi connectivity index (χ0n) is 9.36. The maximum atomic E-state index is 11.7. The summed E-state index contributed by atoms with van der Waals surface area (Å²) in [7, 11) is 0. The van der Waals surface area contributed by atoms with Crippen molar-refractivity contribution in [3.63, 3.8) is 0 Å². The minimum absolute atomic E-state index is 0.127. The molecule has 0 heterocycles. The molecule has 1 aliphatic carbocycles. The highest BCUT2D eigenvalue weighted by molar-refractivity contribution is 5.77. The maximum absolute atomic E-state index is 11.7. The lowest BCUT2D eigenvalue weighted by Crippen LogP contribution is -2.28. The van der Waals surface area contributed by atoms with Gasteiger partial charge in [-0.15, -0.1) is 0 Å². The largest absolute Gasteiger partial charge is 0.353 e. The summed E-state index contributed by atoms with van der Waals surface area (Å²) < 4.78 is 0. The topological polar surface area (TPSA) is 55.1 Å². The Kier molecular flexibility index (Phi) is 3.57. The second-order valence-electron chi connectivity index (χ2n) is 4.39. The first kappa shape index (κ1) is 11.1. The molecule has 1 amide bonds. The molecule has 0 bridgehead atoms. The molecule has 1 aliphatic rings. The molecule has 0 radical (unpaired) electrons. The number of benzene rings is 1. The van der Waals surface area contributed by atoms with Gasteiger partial charge in [-0.25, -0.2) is 0 Å². The lowest BCUT2D eigenvalue weighted by Gasteiger charge is -2.14. The van der Waals surface area contributed by atoms with Gasteiger partial charge in [0, 0.05) is 18.4 Å². The molecular weight excluding hydrogens is 200 g/mol.